The van der Waals surface area contributed by atoms with E-state index in [1.165, 1.54) is 0 Å². The van der Waals surface area contributed by atoms with E-state index in [0.717, 1.165) is 18.1 Å². The summed E-state index contributed by atoms with van der Waals surface area (Å²) in [6, 6.07) is 3.37. The molecule has 3 rings (SSSR count). The number of carbonyl (C=O) groups is 1. The highest BCUT2D eigenvalue weighted by Crippen LogP contribution is 2.34. The van der Waals surface area contributed by atoms with Gasteiger partial charge in [-0.1, -0.05) is 0 Å². The minimum Gasteiger partial charge on any atom is -0.369 e. The number of H-pyrrole nitrogens is 1. The third-order valence-corrected chi connectivity index (χ3v) is 4.08. The zero-order valence-electron chi connectivity index (χ0n) is 13.2. The van der Waals surface area contributed by atoms with Crippen molar-refractivity contribution in [3.8, 4) is 0 Å². The van der Waals surface area contributed by atoms with Crippen molar-refractivity contribution in [2.24, 2.45) is 5.92 Å². The fraction of sp³-hybridized carbons (Fsp3) is 0.438. The van der Waals surface area contributed by atoms with Gasteiger partial charge in [0.15, 0.2) is 0 Å². The van der Waals surface area contributed by atoms with E-state index >= 15 is 0 Å². The molecule has 0 spiro atoms. The smallest absolute Gasteiger partial charge is 0.271 e. The number of hydrogen-bond donors (Lipinski definition) is 2. The Morgan fingerprint density at radius 2 is 2.35 bits per heavy atom. The van der Waals surface area contributed by atoms with Gasteiger partial charge in [0.1, 0.15) is 17.6 Å². The van der Waals surface area contributed by atoms with Crippen LogP contribution in [0.4, 0.5) is 5.69 Å². The lowest BCUT2D eigenvalue weighted by atomic mass is 9.99. The Morgan fingerprint density at radius 1 is 1.52 bits per heavy atom. The Kier molecular flexibility index (Phi) is 4.29. The fourth-order valence-electron chi connectivity index (χ4n) is 2.85. The van der Waals surface area contributed by atoms with Gasteiger partial charge in [0.2, 0.25) is 5.91 Å². The first-order valence-electron chi connectivity index (χ1n) is 7.73. The monoisotopic (exact) mass is 316 g/mol. The zero-order valence-corrected chi connectivity index (χ0v) is 13.2. The summed E-state index contributed by atoms with van der Waals surface area (Å²) < 4.78 is 7.70. The van der Waals surface area contributed by atoms with Gasteiger partial charge in [-0.25, -0.2) is 4.98 Å². The largest absolute Gasteiger partial charge is 0.369 e. The van der Waals surface area contributed by atoms with Crippen molar-refractivity contribution in [3.05, 3.63) is 46.4 Å². The van der Waals surface area contributed by atoms with E-state index in [0.29, 0.717) is 13.0 Å². The van der Waals surface area contributed by atoms with Crippen LogP contribution in [0.25, 0.3) is 0 Å². The predicted molar refractivity (Wildman–Crippen MR) is 85.1 cm³/mol. The molecule has 2 aromatic rings. The van der Waals surface area contributed by atoms with E-state index in [-0.39, 0.29) is 29.2 Å². The first kappa shape index (κ1) is 15.5. The van der Waals surface area contributed by atoms with Crippen molar-refractivity contribution in [2.45, 2.75) is 32.9 Å². The number of pyridine rings is 1. The van der Waals surface area contributed by atoms with Crippen LogP contribution in [0.15, 0.2) is 29.3 Å². The van der Waals surface area contributed by atoms with Crippen molar-refractivity contribution in [3.63, 3.8) is 0 Å². The molecule has 122 valence electrons. The molecular formula is C16H20N4O3. The normalized spacial score (nSPS) is 20.6. The van der Waals surface area contributed by atoms with E-state index in [1.54, 1.807) is 25.3 Å². The number of aryl methyl sites for hydroxylation is 2. The minimum atomic E-state index is -0.380. The van der Waals surface area contributed by atoms with Gasteiger partial charge in [-0.3, -0.25) is 9.59 Å². The summed E-state index contributed by atoms with van der Waals surface area (Å²) in [4.78, 5) is 31.5. The summed E-state index contributed by atoms with van der Waals surface area (Å²) in [6.07, 6.45) is 3.81. The number of amides is 1. The van der Waals surface area contributed by atoms with Crippen molar-refractivity contribution in [1.82, 2.24) is 14.5 Å². The standard InChI is InChI=1S/C16H20N4O3/c1-3-20-8-7-17-14(20)13-11(6-9-23-13)15(21)19-12-5-4-10(2)18-16(12)22/h4-5,7-8,11,13H,3,6,9H2,1-2H3,(H,18,22)(H,19,21)/t11-,13-/m1/s1. The van der Waals surface area contributed by atoms with Gasteiger partial charge in [-0.15, -0.1) is 0 Å². The molecular weight excluding hydrogens is 296 g/mol. The number of carbonyl (C=O) groups excluding carboxylic acids is 1. The second kappa shape index (κ2) is 6.37. The molecule has 0 bridgehead atoms. The highest BCUT2D eigenvalue weighted by Gasteiger charge is 2.37. The van der Waals surface area contributed by atoms with E-state index < -0.39 is 0 Å². The molecule has 2 N–H and O–H groups in total. The van der Waals surface area contributed by atoms with Crippen LogP contribution in [0.5, 0.6) is 0 Å². The lowest BCUT2D eigenvalue weighted by Crippen LogP contribution is -2.29. The molecule has 7 nitrogen and oxygen atoms in total. The summed E-state index contributed by atoms with van der Waals surface area (Å²) >= 11 is 0. The molecule has 2 atom stereocenters. The van der Waals surface area contributed by atoms with Crippen molar-refractivity contribution in [1.29, 1.82) is 0 Å². The van der Waals surface area contributed by atoms with Crippen LogP contribution in [-0.2, 0) is 16.1 Å². The van der Waals surface area contributed by atoms with E-state index in [9.17, 15) is 9.59 Å². The molecule has 23 heavy (non-hydrogen) atoms. The van der Waals surface area contributed by atoms with Crippen LogP contribution >= 0.6 is 0 Å². The molecule has 0 unspecified atom stereocenters. The van der Waals surface area contributed by atoms with E-state index in [2.05, 4.69) is 15.3 Å². The number of nitrogens with one attached hydrogen (secondary N) is 2. The number of rotatable bonds is 4. The summed E-state index contributed by atoms with van der Waals surface area (Å²) in [6.45, 7) is 5.07. The van der Waals surface area contributed by atoms with Gasteiger partial charge in [-0.05, 0) is 32.4 Å². The van der Waals surface area contributed by atoms with Crippen molar-refractivity contribution >= 4 is 11.6 Å². The Bertz CT molecular complexity index is 765. The molecule has 7 heteroatoms. The van der Waals surface area contributed by atoms with Crippen molar-refractivity contribution in [2.75, 3.05) is 11.9 Å². The third kappa shape index (κ3) is 3.05. The Morgan fingerprint density at radius 3 is 3.09 bits per heavy atom. The maximum atomic E-state index is 12.6. The lowest BCUT2D eigenvalue weighted by Gasteiger charge is -2.18. The second-order valence-electron chi connectivity index (χ2n) is 5.63. The molecule has 1 amide bonds. The number of aromatic amines is 1. The average Bonchev–Trinajstić information content (AvgIpc) is 3.17. The Labute approximate surface area is 133 Å². The Hall–Kier alpha value is -2.41. The Balaban J connectivity index is 1.80. The molecule has 0 aromatic carbocycles. The van der Waals surface area contributed by atoms with Gasteiger partial charge in [0.05, 0.1) is 5.92 Å². The third-order valence-electron chi connectivity index (χ3n) is 4.08. The fourth-order valence-corrected chi connectivity index (χ4v) is 2.85. The van der Waals surface area contributed by atoms with Gasteiger partial charge in [-0.2, -0.15) is 0 Å². The summed E-state index contributed by atoms with van der Waals surface area (Å²) in [7, 11) is 0. The SMILES string of the molecule is CCn1ccnc1[C@@H]1OCC[C@H]1C(=O)Nc1ccc(C)[nH]c1=O. The van der Waals surface area contributed by atoms with E-state index in [1.807, 2.05) is 17.7 Å². The molecule has 0 aliphatic carbocycles. The highest BCUT2D eigenvalue weighted by atomic mass is 16.5. The van der Waals surface area contributed by atoms with Crippen LogP contribution in [0.2, 0.25) is 0 Å². The van der Waals surface area contributed by atoms with Crippen LogP contribution in [-0.4, -0.2) is 27.0 Å². The predicted octanol–water partition coefficient (Wildman–Crippen LogP) is 1.62. The van der Waals surface area contributed by atoms with Crippen LogP contribution in [0, 0.1) is 12.8 Å². The number of imidazole rings is 1. The lowest BCUT2D eigenvalue weighted by molar-refractivity contribution is -0.121. The van der Waals surface area contributed by atoms with Crippen LogP contribution in [0.1, 0.15) is 31.0 Å². The molecule has 3 heterocycles. The van der Waals surface area contributed by atoms with E-state index in [4.69, 9.17) is 4.74 Å². The molecule has 1 fully saturated rings. The zero-order chi connectivity index (χ0) is 16.4. The molecule has 1 saturated heterocycles. The first-order valence-corrected chi connectivity index (χ1v) is 7.73. The van der Waals surface area contributed by atoms with Gasteiger partial charge in [0, 0.05) is 31.2 Å². The van der Waals surface area contributed by atoms with Crippen molar-refractivity contribution < 1.29 is 9.53 Å². The first-order chi connectivity index (χ1) is 11.1. The maximum absolute atomic E-state index is 12.6. The van der Waals surface area contributed by atoms with Gasteiger partial charge >= 0.3 is 0 Å². The molecule has 1 aliphatic heterocycles. The summed E-state index contributed by atoms with van der Waals surface area (Å²) in [5.41, 5.74) is 0.703. The van der Waals surface area contributed by atoms with Crippen LogP contribution < -0.4 is 10.9 Å². The highest BCUT2D eigenvalue weighted by molar-refractivity contribution is 5.92. The molecule has 1 aliphatic rings. The number of anilines is 1. The van der Waals surface area contributed by atoms with Crippen LogP contribution in [0.3, 0.4) is 0 Å². The number of hydrogen-bond acceptors (Lipinski definition) is 4. The molecule has 2 aromatic heterocycles. The summed E-state index contributed by atoms with van der Waals surface area (Å²) in [5.74, 6) is 0.180. The van der Waals surface area contributed by atoms with Gasteiger partial charge < -0.3 is 19.6 Å². The maximum Gasteiger partial charge on any atom is 0.271 e. The number of ether oxygens (including phenoxy) is 1. The van der Waals surface area contributed by atoms with Gasteiger partial charge in [0.25, 0.3) is 5.56 Å². The average molecular weight is 316 g/mol. The topological polar surface area (TPSA) is 89.0 Å². The minimum absolute atomic E-state index is 0.215. The molecule has 0 radical (unpaired) electrons. The number of aromatic nitrogens is 3. The number of nitrogens with zero attached hydrogens (tertiary/aromatic N) is 2. The quantitative estimate of drug-likeness (QED) is 0.897. The second-order valence-corrected chi connectivity index (χ2v) is 5.63. The molecule has 0 saturated carbocycles. The summed E-state index contributed by atoms with van der Waals surface area (Å²) in [5, 5.41) is 2.71.